The molecule has 1 aromatic heterocycles. The van der Waals surface area contributed by atoms with Gasteiger partial charge in [0.1, 0.15) is 0 Å². The average Bonchev–Trinajstić information content (AvgIpc) is 3.18. The number of aliphatic carboxylic acids is 1. The van der Waals surface area contributed by atoms with Crippen LogP contribution >= 0.6 is 0 Å². The van der Waals surface area contributed by atoms with Crippen molar-refractivity contribution in [1.82, 2.24) is 9.78 Å². The molecule has 0 aliphatic rings. The molecule has 1 N–H and O–H groups in total. The Morgan fingerprint density at radius 2 is 1.56 bits per heavy atom. The van der Waals surface area contributed by atoms with Crippen LogP contribution in [0.15, 0.2) is 79.0 Å². The average molecular weight is 425 g/mol. The molecule has 0 aliphatic heterocycles. The third-order valence-corrected chi connectivity index (χ3v) is 5.83. The molecule has 1 unspecified atom stereocenters. The first-order chi connectivity index (χ1) is 15.4. The number of carbonyl (C=O) groups is 1. The highest BCUT2D eigenvalue weighted by Gasteiger charge is 2.21. The van der Waals surface area contributed by atoms with Crippen molar-refractivity contribution in [2.45, 2.75) is 39.5 Å². The molecule has 162 valence electrons. The lowest BCUT2D eigenvalue weighted by molar-refractivity contribution is -0.137. The number of hydrogen-bond acceptors (Lipinski definition) is 2. The summed E-state index contributed by atoms with van der Waals surface area (Å²) in [6.45, 7) is 6.17. The van der Waals surface area contributed by atoms with E-state index >= 15 is 0 Å². The maximum absolute atomic E-state index is 11.7. The molecule has 0 fully saturated rings. The minimum atomic E-state index is -0.800. The molecule has 0 bridgehead atoms. The van der Waals surface area contributed by atoms with E-state index in [1.807, 2.05) is 29.8 Å². The second kappa shape index (κ2) is 9.23. The molecule has 0 saturated carbocycles. The van der Waals surface area contributed by atoms with Gasteiger partial charge in [-0.15, -0.1) is 0 Å². The molecule has 0 amide bonds. The standard InChI is InChI=1S/C28H28N2O2/c1-19-7-11-22(12-8-19)26-18-30(25-13-9-20(2)10-14-25)29-27(26)16-24(17-28(31)32)23-6-4-5-21(3)15-23/h4-15,18,24H,16-17H2,1-3H3,(H,31,32). The summed E-state index contributed by atoms with van der Waals surface area (Å²) < 4.78 is 1.90. The summed E-state index contributed by atoms with van der Waals surface area (Å²) in [5.74, 6) is -0.954. The number of benzene rings is 3. The summed E-state index contributed by atoms with van der Waals surface area (Å²) in [4.78, 5) is 11.7. The van der Waals surface area contributed by atoms with Crippen molar-refractivity contribution in [2.24, 2.45) is 0 Å². The zero-order valence-corrected chi connectivity index (χ0v) is 18.7. The van der Waals surface area contributed by atoms with Gasteiger partial charge in [-0.25, -0.2) is 4.68 Å². The molecule has 1 heterocycles. The van der Waals surface area contributed by atoms with E-state index < -0.39 is 5.97 Å². The van der Waals surface area contributed by atoms with Crippen molar-refractivity contribution >= 4 is 5.97 Å². The van der Waals surface area contributed by atoms with Gasteiger partial charge in [0.25, 0.3) is 0 Å². The number of carboxylic acid groups (broad SMARTS) is 1. The van der Waals surface area contributed by atoms with E-state index in [4.69, 9.17) is 5.10 Å². The molecular formula is C28H28N2O2. The lowest BCUT2D eigenvalue weighted by Crippen LogP contribution is -2.11. The second-order valence-corrected chi connectivity index (χ2v) is 8.55. The maximum atomic E-state index is 11.7. The number of nitrogens with zero attached hydrogens (tertiary/aromatic N) is 2. The monoisotopic (exact) mass is 424 g/mol. The van der Waals surface area contributed by atoms with Gasteiger partial charge in [0, 0.05) is 11.8 Å². The van der Waals surface area contributed by atoms with Gasteiger partial charge in [0.05, 0.1) is 17.8 Å². The van der Waals surface area contributed by atoms with E-state index in [2.05, 4.69) is 74.6 Å². The number of aromatic nitrogens is 2. The molecule has 0 saturated heterocycles. The zero-order chi connectivity index (χ0) is 22.7. The van der Waals surface area contributed by atoms with Crippen LogP contribution in [0.25, 0.3) is 16.8 Å². The Balaban J connectivity index is 1.78. The van der Waals surface area contributed by atoms with Crippen molar-refractivity contribution < 1.29 is 9.90 Å². The van der Waals surface area contributed by atoms with Crippen LogP contribution in [0, 0.1) is 20.8 Å². The maximum Gasteiger partial charge on any atom is 0.303 e. The Hall–Kier alpha value is -3.66. The summed E-state index contributed by atoms with van der Waals surface area (Å²) in [5, 5.41) is 14.5. The lowest BCUT2D eigenvalue weighted by Gasteiger charge is -2.16. The predicted octanol–water partition coefficient (Wildman–Crippen LogP) is 6.27. The summed E-state index contributed by atoms with van der Waals surface area (Å²) in [6, 6.07) is 24.8. The van der Waals surface area contributed by atoms with Crippen molar-refractivity contribution in [3.63, 3.8) is 0 Å². The summed E-state index contributed by atoms with van der Waals surface area (Å²) in [7, 11) is 0. The zero-order valence-electron chi connectivity index (χ0n) is 18.7. The van der Waals surface area contributed by atoms with Crippen LogP contribution in [0.1, 0.15) is 40.3 Å². The van der Waals surface area contributed by atoms with E-state index in [-0.39, 0.29) is 12.3 Å². The van der Waals surface area contributed by atoms with Crippen LogP contribution in [0.4, 0.5) is 0 Å². The minimum absolute atomic E-state index is 0.0637. The number of carboxylic acids is 1. The molecule has 4 nitrogen and oxygen atoms in total. The highest BCUT2D eigenvalue weighted by Crippen LogP contribution is 2.31. The quantitative estimate of drug-likeness (QED) is 0.381. The van der Waals surface area contributed by atoms with Crippen molar-refractivity contribution in [2.75, 3.05) is 0 Å². The van der Waals surface area contributed by atoms with Gasteiger partial charge in [-0.1, -0.05) is 77.4 Å². The van der Waals surface area contributed by atoms with Crippen LogP contribution < -0.4 is 0 Å². The molecule has 0 aliphatic carbocycles. The Morgan fingerprint density at radius 3 is 2.19 bits per heavy atom. The molecule has 0 spiro atoms. The van der Waals surface area contributed by atoms with E-state index in [0.717, 1.165) is 33.6 Å². The fourth-order valence-corrected chi connectivity index (χ4v) is 4.04. The van der Waals surface area contributed by atoms with Crippen molar-refractivity contribution in [3.8, 4) is 16.8 Å². The van der Waals surface area contributed by atoms with Crippen LogP contribution in [0.3, 0.4) is 0 Å². The van der Waals surface area contributed by atoms with E-state index in [1.165, 1.54) is 11.1 Å². The fourth-order valence-electron chi connectivity index (χ4n) is 4.04. The van der Waals surface area contributed by atoms with E-state index in [1.54, 1.807) is 0 Å². The van der Waals surface area contributed by atoms with Gasteiger partial charge in [-0.05, 0) is 56.4 Å². The van der Waals surface area contributed by atoms with Gasteiger partial charge >= 0.3 is 5.97 Å². The lowest BCUT2D eigenvalue weighted by atomic mass is 9.88. The smallest absolute Gasteiger partial charge is 0.303 e. The van der Waals surface area contributed by atoms with Crippen molar-refractivity contribution in [3.05, 3.63) is 107 Å². The van der Waals surface area contributed by atoms with Crippen LogP contribution in [-0.4, -0.2) is 20.9 Å². The largest absolute Gasteiger partial charge is 0.481 e. The van der Waals surface area contributed by atoms with Crippen molar-refractivity contribution in [1.29, 1.82) is 0 Å². The molecule has 4 rings (SSSR count). The Labute approximate surface area is 189 Å². The number of hydrogen-bond donors (Lipinski definition) is 1. The first kappa shape index (κ1) is 21.6. The fraction of sp³-hybridized carbons (Fsp3) is 0.214. The van der Waals surface area contributed by atoms with Crippen LogP contribution in [-0.2, 0) is 11.2 Å². The minimum Gasteiger partial charge on any atom is -0.481 e. The SMILES string of the molecule is Cc1ccc(-c2cn(-c3ccc(C)cc3)nc2CC(CC(=O)O)c2cccc(C)c2)cc1. The molecule has 3 aromatic carbocycles. The van der Waals surface area contributed by atoms with Gasteiger partial charge in [-0.2, -0.15) is 5.10 Å². The van der Waals surface area contributed by atoms with E-state index in [9.17, 15) is 9.90 Å². The second-order valence-electron chi connectivity index (χ2n) is 8.55. The third-order valence-electron chi connectivity index (χ3n) is 5.83. The topological polar surface area (TPSA) is 55.1 Å². The Morgan fingerprint density at radius 1 is 0.906 bits per heavy atom. The summed E-state index contributed by atoms with van der Waals surface area (Å²) >= 11 is 0. The molecule has 1 atom stereocenters. The molecule has 4 aromatic rings. The first-order valence-electron chi connectivity index (χ1n) is 10.9. The normalized spacial score (nSPS) is 12.0. The predicted molar refractivity (Wildman–Crippen MR) is 128 cm³/mol. The third kappa shape index (κ3) is 4.97. The molecular weight excluding hydrogens is 396 g/mol. The summed E-state index contributed by atoms with van der Waals surface area (Å²) in [6.07, 6.45) is 2.67. The summed E-state index contributed by atoms with van der Waals surface area (Å²) in [5.41, 5.74) is 8.57. The Kier molecular flexibility index (Phi) is 6.22. The number of rotatable bonds is 7. The highest BCUT2D eigenvalue weighted by atomic mass is 16.4. The van der Waals surface area contributed by atoms with Gasteiger partial charge in [0.15, 0.2) is 0 Å². The number of aryl methyl sites for hydroxylation is 3. The molecule has 4 heteroatoms. The van der Waals surface area contributed by atoms with E-state index in [0.29, 0.717) is 6.42 Å². The first-order valence-corrected chi connectivity index (χ1v) is 10.9. The highest BCUT2D eigenvalue weighted by molar-refractivity contribution is 5.69. The van der Waals surface area contributed by atoms with Crippen LogP contribution in [0.2, 0.25) is 0 Å². The van der Waals surface area contributed by atoms with Gasteiger partial charge in [0.2, 0.25) is 0 Å². The van der Waals surface area contributed by atoms with Crippen LogP contribution in [0.5, 0.6) is 0 Å². The van der Waals surface area contributed by atoms with Gasteiger partial charge < -0.3 is 5.11 Å². The Bertz CT molecular complexity index is 1220. The molecule has 32 heavy (non-hydrogen) atoms. The van der Waals surface area contributed by atoms with Gasteiger partial charge in [-0.3, -0.25) is 4.79 Å². The molecule has 0 radical (unpaired) electrons.